The Labute approximate surface area is 90.5 Å². The van der Waals surface area contributed by atoms with Gasteiger partial charge in [-0.1, -0.05) is 29.3 Å². The minimum atomic E-state index is -0.0198. The number of rotatable bonds is 1. The molecule has 0 spiro atoms. The fourth-order valence-corrected chi connectivity index (χ4v) is 2.22. The Hall–Kier alpha value is -1.33. The van der Waals surface area contributed by atoms with Gasteiger partial charge in [-0.05, 0) is 25.8 Å². The van der Waals surface area contributed by atoms with E-state index in [0.29, 0.717) is 6.61 Å². The highest BCUT2D eigenvalue weighted by Crippen LogP contribution is 2.34. The van der Waals surface area contributed by atoms with Crippen molar-refractivity contribution in [3.8, 4) is 6.07 Å². The van der Waals surface area contributed by atoms with Gasteiger partial charge in [-0.2, -0.15) is 5.26 Å². The minimum Gasteiger partial charge on any atom is -0.372 e. The third-order valence-corrected chi connectivity index (χ3v) is 2.83. The van der Waals surface area contributed by atoms with Crippen molar-refractivity contribution in [2.45, 2.75) is 26.4 Å². The lowest BCUT2D eigenvalue weighted by molar-refractivity contribution is 0.101. The molecule has 0 radical (unpaired) electrons. The summed E-state index contributed by atoms with van der Waals surface area (Å²) < 4.78 is 5.63. The summed E-state index contributed by atoms with van der Waals surface area (Å²) in [5.41, 5.74) is 3.62. The molecular formula is C13H15NO. The third-order valence-electron chi connectivity index (χ3n) is 2.83. The first kappa shape index (κ1) is 10.2. The molecule has 2 rings (SSSR count). The fourth-order valence-electron chi connectivity index (χ4n) is 2.22. The molecule has 0 amide bonds. The van der Waals surface area contributed by atoms with Crippen LogP contribution in [0.1, 0.15) is 29.2 Å². The van der Waals surface area contributed by atoms with E-state index in [1.807, 2.05) is 0 Å². The summed E-state index contributed by atoms with van der Waals surface area (Å²) in [4.78, 5) is 0. The maximum atomic E-state index is 9.01. The van der Waals surface area contributed by atoms with Crippen molar-refractivity contribution in [1.29, 1.82) is 5.26 Å². The summed E-state index contributed by atoms with van der Waals surface area (Å²) >= 11 is 0. The van der Waals surface area contributed by atoms with Gasteiger partial charge in [-0.15, -0.1) is 0 Å². The largest absolute Gasteiger partial charge is 0.372 e. The standard InChI is InChI=1S/C13H15NO/c1-9-5-10(2)7-12(6-9)13-11(8-14)3-4-15-13/h5-7,11,13H,3-4H2,1-2H3. The summed E-state index contributed by atoms with van der Waals surface area (Å²) in [6, 6.07) is 8.70. The Kier molecular flexibility index (Phi) is 2.75. The number of ether oxygens (including phenoxy) is 1. The average molecular weight is 201 g/mol. The Bertz CT molecular complexity index is 385. The molecule has 15 heavy (non-hydrogen) atoms. The van der Waals surface area contributed by atoms with Crippen LogP contribution in [0.15, 0.2) is 18.2 Å². The average Bonchev–Trinajstić information content (AvgIpc) is 2.63. The Morgan fingerprint density at radius 1 is 1.27 bits per heavy atom. The molecule has 2 unspecified atom stereocenters. The van der Waals surface area contributed by atoms with Gasteiger partial charge in [0.15, 0.2) is 0 Å². The molecule has 0 aromatic heterocycles. The summed E-state index contributed by atoms with van der Waals surface area (Å²) in [6.07, 6.45) is 0.835. The van der Waals surface area contributed by atoms with E-state index in [4.69, 9.17) is 10.00 Å². The summed E-state index contributed by atoms with van der Waals surface area (Å²) in [7, 11) is 0. The van der Waals surface area contributed by atoms with Crippen LogP contribution < -0.4 is 0 Å². The molecule has 0 N–H and O–H groups in total. The van der Waals surface area contributed by atoms with E-state index in [-0.39, 0.29) is 12.0 Å². The number of hydrogen-bond acceptors (Lipinski definition) is 2. The van der Waals surface area contributed by atoms with Crippen molar-refractivity contribution in [1.82, 2.24) is 0 Å². The molecule has 1 aliphatic rings. The van der Waals surface area contributed by atoms with Crippen molar-refractivity contribution in [3.63, 3.8) is 0 Å². The molecule has 2 atom stereocenters. The van der Waals surface area contributed by atoms with E-state index in [2.05, 4.69) is 38.1 Å². The SMILES string of the molecule is Cc1cc(C)cc(C2OCCC2C#N)c1. The number of hydrogen-bond donors (Lipinski definition) is 0. The molecule has 1 saturated heterocycles. The van der Waals surface area contributed by atoms with Gasteiger partial charge in [0.05, 0.1) is 18.1 Å². The highest BCUT2D eigenvalue weighted by atomic mass is 16.5. The van der Waals surface area contributed by atoms with Crippen LogP contribution in [0.4, 0.5) is 0 Å². The predicted molar refractivity (Wildman–Crippen MR) is 58.3 cm³/mol. The van der Waals surface area contributed by atoms with Gasteiger partial charge in [0.25, 0.3) is 0 Å². The fraction of sp³-hybridized carbons (Fsp3) is 0.462. The smallest absolute Gasteiger partial charge is 0.0984 e. The van der Waals surface area contributed by atoms with Crippen LogP contribution in [0.3, 0.4) is 0 Å². The lowest BCUT2D eigenvalue weighted by Crippen LogP contribution is -2.05. The van der Waals surface area contributed by atoms with Crippen molar-refractivity contribution >= 4 is 0 Å². The van der Waals surface area contributed by atoms with Crippen molar-refractivity contribution in [2.75, 3.05) is 6.61 Å². The van der Waals surface area contributed by atoms with E-state index >= 15 is 0 Å². The molecule has 78 valence electrons. The van der Waals surface area contributed by atoms with Crippen LogP contribution in [0, 0.1) is 31.1 Å². The van der Waals surface area contributed by atoms with Gasteiger partial charge < -0.3 is 4.74 Å². The second-order valence-electron chi connectivity index (χ2n) is 4.24. The molecule has 2 heteroatoms. The van der Waals surface area contributed by atoms with Gasteiger partial charge in [0.2, 0.25) is 0 Å². The van der Waals surface area contributed by atoms with E-state index in [9.17, 15) is 0 Å². The number of benzene rings is 1. The van der Waals surface area contributed by atoms with Crippen LogP contribution >= 0.6 is 0 Å². The highest BCUT2D eigenvalue weighted by molar-refractivity contribution is 5.31. The highest BCUT2D eigenvalue weighted by Gasteiger charge is 2.29. The van der Waals surface area contributed by atoms with Crippen LogP contribution in [-0.2, 0) is 4.74 Å². The van der Waals surface area contributed by atoms with E-state index < -0.39 is 0 Å². The minimum absolute atomic E-state index is 0.0196. The zero-order valence-corrected chi connectivity index (χ0v) is 9.16. The maximum absolute atomic E-state index is 9.01. The molecule has 0 saturated carbocycles. The Morgan fingerprint density at radius 2 is 1.93 bits per heavy atom. The van der Waals surface area contributed by atoms with Crippen LogP contribution in [0.25, 0.3) is 0 Å². The molecule has 1 fully saturated rings. The van der Waals surface area contributed by atoms with Crippen molar-refractivity contribution in [2.24, 2.45) is 5.92 Å². The number of aryl methyl sites for hydroxylation is 2. The first-order valence-electron chi connectivity index (χ1n) is 5.30. The number of nitrogens with zero attached hydrogens (tertiary/aromatic N) is 1. The molecule has 2 nitrogen and oxygen atoms in total. The van der Waals surface area contributed by atoms with E-state index in [1.165, 1.54) is 11.1 Å². The number of nitriles is 1. The summed E-state index contributed by atoms with van der Waals surface area (Å²) in [5.74, 6) is 0.0196. The first-order valence-corrected chi connectivity index (χ1v) is 5.30. The maximum Gasteiger partial charge on any atom is 0.0984 e. The molecule has 1 heterocycles. The van der Waals surface area contributed by atoms with E-state index in [0.717, 1.165) is 12.0 Å². The van der Waals surface area contributed by atoms with Gasteiger partial charge in [-0.25, -0.2) is 0 Å². The summed E-state index contributed by atoms with van der Waals surface area (Å²) in [6.45, 7) is 4.86. The van der Waals surface area contributed by atoms with Gasteiger partial charge in [0, 0.05) is 6.61 Å². The van der Waals surface area contributed by atoms with Crippen LogP contribution in [0.5, 0.6) is 0 Å². The quantitative estimate of drug-likeness (QED) is 0.700. The Balaban J connectivity index is 2.33. The van der Waals surface area contributed by atoms with Crippen LogP contribution in [0.2, 0.25) is 0 Å². The third kappa shape index (κ3) is 2.03. The molecule has 1 aromatic rings. The second kappa shape index (κ2) is 4.04. The monoisotopic (exact) mass is 201 g/mol. The normalized spacial score (nSPS) is 25.1. The first-order chi connectivity index (χ1) is 7.20. The zero-order chi connectivity index (χ0) is 10.8. The van der Waals surface area contributed by atoms with Gasteiger partial charge >= 0.3 is 0 Å². The lowest BCUT2D eigenvalue weighted by Gasteiger charge is -2.14. The Morgan fingerprint density at radius 3 is 2.53 bits per heavy atom. The predicted octanol–water partition coefficient (Wildman–Crippen LogP) is 2.90. The van der Waals surface area contributed by atoms with E-state index in [1.54, 1.807) is 0 Å². The molecular weight excluding hydrogens is 186 g/mol. The van der Waals surface area contributed by atoms with Gasteiger partial charge in [-0.3, -0.25) is 0 Å². The second-order valence-corrected chi connectivity index (χ2v) is 4.24. The van der Waals surface area contributed by atoms with Gasteiger partial charge in [0.1, 0.15) is 0 Å². The van der Waals surface area contributed by atoms with Crippen LogP contribution in [-0.4, -0.2) is 6.61 Å². The molecule has 0 bridgehead atoms. The zero-order valence-electron chi connectivity index (χ0n) is 9.16. The summed E-state index contributed by atoms with van der Waals surface area (Å²) in [5, 5.41) is 9.01. The molecule has 0 aliphatic carbocycles. The molecule has 1 aromatic carbocycles. The van der Waals surface area contributed by atoms with Crippen molar-refractivity contribution in [3.05, 3.63) is 34.9 Å². The molecule has 1 aliphatic heterocycles. The lowest BCUT2D eigenvalue weighted by atomic mass is 9.94. The van der Waals surface area contributed by atoms with Crippen molar-refractivity contribution < 1.29 is 4.74 Å². The topological polar surface area (TPSA) is 33.0 Å².